The molecule has 3 saturated carbocycles. The van der Waals surface area contributed by atoms with Crippen LogP contribution in [0.5, 0.6) is 0 Å². The summed E-state index contributed by atoms with van der Waals surface area (Å²) in [5.74, 6) is 3.69. The van der Waals surface area contributed by atoms with E-state index in [4.69, 9.17) is 4.74 Å². The van der Waals surface area contributed by atoms with Crippen LogP contribution in [0.15, 0.2) is 0 Å². The zero-order valence-corrected chi connectivity index (χ0v) is 13.8. The quantitative estimate of drug-likeness (QED) is 0.745. The lowest BCUT2D eigenvalue weighted by atomic mass is 9.67. The molecule has 2 bridgehead atoms. The molecule has 1 heterocycles. The van der Waals surface area contributed by atoms with Gasteiger partial charge in [0.25, 0.3) is 0 Å². The molecule has 4 rings (SSSR count). The van der Waals surface area contributed by atoms with Crippen LogP contribution < -0.4 is 0 Å². The van der Waals surface area contributed by atoms with Gasteiger partial charge in [-0.2, -0.15) is 0 Å². The Morgan fingerprint density at radius 3 is 2.50 bits per heavy atom. The van der Waals surface area contributed by atoms with E-state index in [-0.39, 0.29) is 11.9 Å². The van der Waals surface area contributed by atoms with E-state index in [1.54, 1.807) is 0 Å². The largest absolute Gasteiger partial charge is 0.464 e. The highest BCUT2D eigenvalue weighted by atomic mass is 16.5. The highest BCUT2D eigenvalue weighted by Gasteiger charge is 2.55. The number of hydrogen-bond donors (Lipinski definition) is 0. The summed E-state index contributed by atoms with van der Waals surface area (Å²) >= 11 is 0. The smallest absolute Gasteiger partial charge is 0.309 e. The number of carbonyl (C=O) groups excluding carboxylic acids is 1. The molecule has 0 spiro atoms. The Labute approximate surface area is 134 Å². The van der Waals surface area contributed by atoms with E-state index in [0.717, 1.165) is 30.7 Å². The summed E-state index contributed by atoms with van der Waals surface area (Å²) in [6.45, 7) is 3.93. The van der Waals surface area contributed by atoms with Crippen molar-refractivity contribution < 1.29 is 9.53 Å². The maximum Gasteiger partial charge on any atom is 0.309 e. The predicted octanol–water partition coefficient (Wildman–Crippen LogP) is 3.48. The topological polar surface area (TPSA) is 29.5 Å². The van der Waals surface area contributed by atoms with Crippen LogP contribution in [0.3, 0.4) is 0 Å². The molecule has 1 aliphatic heterocycles. The third kappa shape index (κ3) is 2.81. The molecule has 0 aromatic carbocycles. The van der Waals surface area contributed by atoms with Crippen molar-refractivity contribution in [3.05, 3.63) is 0 Å². The van der Waals surface area contributed by atoms with Crippen molar-refractivity contribution in [3.8, 4) is 0 Å². The fourth-order valence-electron chi connectivity index (χ4n) is 6.08. The van der Waals surface area contributed by atoms with E-state index in [1.807, 2.05) is 0 Å². The maximum atomic E-state index is 12.5. The van der Waals surface area contributed by atoms with Crippen molar-refractivity contribution in [3.63, 3.8) is 0 Å². The van der Waals surface area contributed by atoms with Gasteiger partial charge < -0.3 is 4.74 Å². The van der Waals surface area contributed by atoms with Crippen molar-refractivity contribution in [2.24, 2.45) is 29.6 Å². The third-order valence-corrected chi connectivity index (χ3v) is 7.08. The Bertz CT molecular complexity index is 404. The van der Waals surface area contributed by atoms with E-state index >= 15 is 0 Å². The van der Waals surface area contributed by atoms with Gasteiger partial charge in [0, 0.05) is 6.54 Å². The second-order valence-electron chi connectivity index (χ2n) is 8.18. The van der Waals surface area contributed by atoms with Crippen LogP contribution >= 0.6 is 0 Å². The summed E-state index contributed by atoms with van der Waals surface area (Å²) in [5, 5.41) is 0. The normalized spacial score (nSPS) is 41.4. The van der Waals surface area contributed by atoms with Gasteiger partial charge in [0.15, 0.2) is 0 Å². The monoisotopic (exact) mass is 305 g/mol. The minimum Gasteiger partial charge on any atom is -0.464 e. The zero-order valence-electron chi connectivity index (χ0n) is 13.8. The molecule has 0 N–H and O–H groups in total. The summed E-state index contributed by atoms with van der Waals surface area (Å²) in [4.78, 5) is 15.0. The highest BCUT2D eigenvalue weighted by molar-refractivity contribution is 5.73. The molecule has 124 valence electrons. The van der Waals surface area contributed by atoms with Crippen LogP contribution in [0.4, 0.5) is 0 Å². The molecule has 22 heavy (non-hydrogen) atoms. The first-order valence-electron chi connectivity index (χ1n) is 9.72. The number of carbonyl (C=O) groups is 1. The van der Waals surface area contributed by atoms with Crippen molar-refractivity contribution in [2.75, 3.05) is 26.2 Å². The van der Waals surface area contributed by atoms with Gasteiger partial charge in [-0.15, -0.1) is 0 Å². The lowest BCUT2D eigenvalue weighted by molar-refractivity contribution is -0.152. The third-order valence-electron chi connectivity index (χ3n) is 7.08. The molecule has 5 atom stereocenters. The van der Waals surface area contributed by atoms with Gasteiger partial charge in [0.05, 0.1) is 5.92 Å². The Morgan fingerprint density at radius 2 is 1.68 bits per heavy atom. The SMILES string of the molecule is O=C(OCCN1CCCCC1)C1CC2CC1C1CCCCC21. The fraction of sp³-hybridized carbons (Fsp3) is 0.947. The lowest BCUT2D eigenvalue weighted by Gasteiger charge is -2.38. The Hall–Kier alpha value is -0.570. The molecule has 3 nitrogen and oxygen atoms in total. The van der Waals surface area contributed by atoms with Crippen LogP contribution in [0.1, 0.15) is 57.8 Å². The van der Waals surface area contributed by atoms with Gasteiger partial charge in [0.2, 0.25) is 0 Å². The maximum absolute atomic E-state index is 12.5. The second-order valence-corrected chi connectivity index (χ2v) is 8.18. The van der Waals surface area contributed by atoms with Gasteiger partial charge in [0.1, 0.15) is 6.61 Å². The van der Waals surface area contributed by atoms with Crippen LogP contribution in [0.2, 0.25) is 0 Å². The van der Waals surface area contributed by atoms with E-state index in [9.17, 15) is 4.79 Å². The van der Waals surface area contributed by atoms with Gasteiger partial charge in [-0.25, -0.2) is 0 Å². The second kappa shape index (κ2) is 6.51. The molecule has 4 aliphatic rings. The van der Waals surface area contributed by atoms with Gasteiger partial charge in [-0.1, -0.05) is 19.3 Å². The predicted molar refractivity (Wildman–Crippen MR) is 86.4 cm³/mol. The van der Waals surface area contributed by atoms with E-state index < -0.39 is 0 Å². The number of hydrogen-bond acceptors (Lipinski definition) is 3. The van der Waals surface area contributed by atoms with Gasteiger partial charge >= 0.3 is 5.97 Å². The molecule has 3 heteroatoms. The molecule has 1 saturated heterocycles. The first-order valence-corrected chi connectivity index (χ1v) is 9.72. The summed E-state index contributed by atoms with van der Waals surface area (Å²) in [6, 6.07) is 0. The Kier molecular flexibility index (Phi) is 4.43. The van der Waals surface area contributed by atoms with E-state index in [1.165, 1.54) is 64.5 Å². The number of ether oxygens (including phenoxy) is 1. The molecule has 0 aromatic heterocycles. The first-order chi connectivity index (χ1) is 10.8. The average Bonchev–Trinajstić information content (AvgIpc) is 3.15. The highest BCUT2D eigenvalue weighted by Crippen LogP contribution is 2.59. The minimum atomic E-state index is 0.133. The molecule has 0 radical (unpaired) electrons. The van der Waals surface area contributed by atoms with Crippen molar-refractivity contribution >= 4 is 5.97 Å². The Balaban J connectivity index is 1.25. The molecule has 5 unspecified atom stereocenters. The Morgan fingerprint density at radius 1 is 0.909 bits per heavy atom. The lowest BCUT2D eigenvalue weighted by Crippen LogP contribution is -2.37. The van der Waals surface area contributed by atoms with Crippen molar-refractivity contribution in [2.45, 2.75) is 57.8 Å². The van der Waals surface area contributed by atoms with Gasteiger partial charge in [-0.05, 0) is 75.3 Å². The van der Waals surface area contributed by atoms with E-state index in [0.29, 0.717) is 12.5 Å². The molecule has 0 amide bonds. The van der Waals surface area contributed by atoms with E-state index in [2.05, 4.69) is 4.90 Å². The van der Waals surface area contributed by atoms with Crippen molar-refractivity contribution in [1.29, 1.82) is 0 Å². The summed E-state index contributed by atoms with van der Waals surface area (Å²) < 4.78 is 5.68. The summed E-state index contributed by atoms with van der Waals surface area (Å²) in [7, 11) is 0. The summed E-state index contributed by atoms with van der Waals surface area (Å²) in [6.07, 6.45) is 12.1. The van der Waals surface area contributed by atoms with Crippen LogP contribution in [0.25, 0.3) is 0 Å². The van der Waals surface area contributed by atoms with Crippen LogP contribution in [-0.2, 0) is 9.53 Å². The molecular formula is C19H31NO2. The number of nitrogens with zero attached hydrogens (tertiary/aromatic N) is 1. The number of rotatable bonds is 4. The molecule has 3 aliphatic carbocycles. The average molecular weight is 305 g/mol. The van der Waals surface area contributed by atoms with Crippen LogP contribution in [0, 0.1) is 29.6 Å². The van der Waals surface area contributed by atoms with Crippen molar-refractivity contribution in [1.82, 2.24) is 4.90 Å². The fourth-order valence-corrected chi connectivity index (χ4v) is 6.08. The number of fused-ring (bicyclic) bond motifs is 5. The summed E-state index contributed by atoms with van der Waals surface area (Å²) in [5.41, 5.74) is 0. The zero-order chi connectivity index (χ0) is 14.9. The molecular weight excluding hydrogens is 274 g/mol. The molecule has 4 fully saturated rings. The molecule has 0 aromatic rings. The minimum absolute atomic E-state index is 0.133. The van der Waals surface area contributed by atoms with Crippen LogP contribution in [-0.4, -0.2) is 37.1 Å². The first kappa shape index (κ1) is 15.0. The number of piperidine rings is 1. The number of esters is 1. The standard InChI is InChI=1S/C19H31NO2/c21-19(22-11-10-20-8-4-1-5-9-20)18-13-14-12-17(18)16-7-3-2-6-15(14)16/h14-18H,1-13H2. The van der Waals surface area contributed by atoms with Gasteiger partial charge in [-0.3, -0.25) is 9.69 Å². The number of likely N-dealkylation sites (tertiary alicyclic amines) is 1.